The van der Waals surface area contributed by atoms with Crippen molar-refractivity contribution >= 4 is 0 Å². The van der Waals surface area contributed by atoms with Gasteiger partial charge in [-0.2, -0.15) is 0 Å². The summed E-state index contributed by atoms with van der Waals surface area (Å²) in [4.78, 5) is 0. The van der Waals surface area contributed by atoms with E-state index in [-0.39, 0.29) is 0 Å². The maximum Gasteiger partial charge on any atom is 0.119 e. The summed E-state index contributed by atoms with van der Waals surface area (Å²) >= 11 is 0. The van der Waals surface area contributed by atoms with E-state index < -0.39 is 6.10 Å². The van der Waals surface area contributed by atoms with Gasteiger partial charge >= 0.3 is 0 Å². The summed E-state index contributed by atoms with van der Waals surface area (Å²) in [7, 11) is 0. The predicted octanol–water partition coefficient (Wildman–Crippen LogP) is 6.15. The molecular formula is C22H30O2. The molecule has 0 aliphatic carbocycles. The third kappa shape index (κ3) is 6.01. The Kier molecular flexibility index (Phi) is 7.84. The molecule has 0 radical (unpaired) electrons. The zero-order valence-corrected chi connectivity index (χ0v) is 15.0. The first kappa shape index (κ1) is 18.5. The second-order valence-electron chi connectivity index (χ2n) is 6.44. The van der Waals surface area contributed by atoms with Gasteiger partial charge in [-0.25, -0.2) is 0 Å². The standard InChI is InChI=1S/C22H30O2/c1-3-4-5-6-7-8-17-24-22-15-13-21(14-16-22)20-11-9-19(10-12-20)18(2)23/h9-16,18,23H,3-8,17H2,1-2H3/t18-/m1/s1. The molecule has 0 amide bonds. The number of benzene rings is 2. The van der Waals surface area contributed by atoms with Crippen molar-refractivity contribution in [2.24, 2.45) is 0 Å². The third-order valence-electron chi connectivity index (χ3n) is 4.35. The Morgan fingerprint density at radius 2 is 1.33 bits per heavy atom. The van der Waals surface area contributed by atoms with Crippen LogP contribution in [0.1, 0.15) is 64.0 Å². The Labute approximate surface area is 146 Å². The molecule has 2 nitrogen and oxygen atoms in total. The summed E-state index contributed by atoms with van der Waals surface area (Å²) < 4.78 is 5.82. The molecule has 2 heteroatoms. The van der Waals surface area contributed by atoms with Gasteiger partial charge in [-0.3, -0.25) is 0 Å². The van der Waals surface area contributed by atoms with Crippen LogP contribution < -0.4 is 4.74 Å². The van der Waals surface area contributed by atoms with E-state index >= 15 is 0 Å². The van der Waals surface area contributed by atoms with Crippen LogP contribution in [0.2, 0.25) is 0 Å². The van der Waals surface area contributed by atoms with Crippen LogP contribution in [0.5, 0.6) is 5.75 Å². The molecule has 1 N–H and O–H groups in total. The number of aliphatic hydroxyl groups is 1. The quantitative estimate of drug-likeness (QED) is 0.531. The van der Waals surface area contributed by atoms with Crippen LogP contribution in [-0.2, 0) is 0 Å². The summed E-state index contributed by atoms with van der Waals surface area (Å²) in [6, 6.07) is 16.3. The first-order valence-electron chi connectivity index (χ1n) is 9.22. The molecule has 0 spiro atoms. The highest BCUT2D eigenvalue weighted by atomic mass is 16.5. The molecule has 2 rings (SSSR count). The smallest absolute Gasteiger partial charge is 0.119 e. The molecule has 0 saturated carbocycles. The summed E-state index contributed by atoms with van der Waals surface area (Å²) in [6.07, 6.45) is 7.28. The number of aliphatic hydroxyl groups excluding tert-OH is 1. The van der Waals surface area contributed by atoms with Crippen LogP contribution in [0.3, 0.4) is 0 Å². The Hall–Kier alpha value is -1.80. The Bertz CT molecular complexity index is 570. The van der Waals surface area contributed by atoms with Gasteiger partial charge < -0.3 is 9.84 Å². The summed E-state index contributed by atoms with van der Waals surface area (Å²) in [5, 5.41) is 9.57. The van der Waals surface area contributed by atoms with Crippen LogP contribution in [0, 0.1) is 0 Å². The fraction of sp³-hybridized carbons (Fsp3) is 0.455. The molecule has 0 heterocycles. The largest absolute Gasteiger partial charge is 0.494 e. The molecule has 0 saturated heterocycles. The highest BCUT2D eigenvalue weighted by Crippen LogP contribution is 2.24. The molecule has 0 bridgehead atoms. The van der Waals surface area contributed by atoms with Crippen molar-refractivity contribution in [3.8, 4) is 16.9 Å². The van der Waals surface area contributed by atoms with E-state index in [1.807, 2.05) is 36.4 Å². The van der Waals surface area contributed by atoms with Crippen molar-refractivity contribution in [1.82, 2.24) is 0 Å². The minimum atomic E-state index is -0.420. The summed E-state index contributed by atoms with van der Waals surface area (Å²) in [6.45, 7) is 4.83. The van der Waals surface area contributed by atoms with Gasteiger partial charge in [-0.05, 0) is 42.2 Å². The lowest BCUT2D eigenvalue weighted by atomic mass is 10.0. The first-order chi connectivity index (χ1) is 11.7. The van der Waals surface area contributed by atoms with Gasteiger partial charge in [0.15, 0.2) is 0 Å². The molecule has 0 unspecified atom stereocenters. The molecule has 0 aliphatic heterocycles. The number of unbranched alkanes of at least 4 members (excludes halogenated alkanes) is 5. The van der Waals surface area contributed by atoms with Gasteiger partial charge in [0.25, 0.3) is 0 Å². The predicted molar refractivity (Wildman–Crippen MR) is 101 cm³/mol. The van der Waals surface area contributed by atoms with Gasteiger partial charge in [-0.1, -0.05) is 75.4 Å². The highest BCUT2D eigenvalue weighted by molar-refractivity contribution is 5.64. The minimum absolute atomic E-state index is 0.420. The molecule has 0 aliphatic rings. The first-order valence-corrected chi connectivity index (χ1v) is 9.22. The van der Waals surface area contributed by atoms with E-state index in [4.69, 9.17) is 4.74 Å². The van der Waals surface area contributed by atoms with Crippen LogP contribution in [0.15, 0.2) is 48.5 Å². The zero-order chi connectivity index (χ0) is 17.2. The Morgan fingerprint density at radius 1 is 0.792 bits per heavy atom. The molecule has 24 heavy (non-hydrogen) atoms. The number of hydrogen-bond donors (Lipinski definition) is 1. The molecule has 0 aromatic heterocycles. The normalized spacial score (nSPS) is 12.1. The second-order valence-corrected chi connectivity index (χ2v) is 6.44. The third-order valence-corrected chi connectivity index (χ3v) is 4.35. The average molecular weight is 326 g/mol. The van der Waals surface area contributed by atoms with Crippen LogP contribution in [-0.4, -0.2) is 11.7 Å². The topological polar surface area (TPSA) is 29.5 Å². The van der Waals surface area contributed by atoms with Crippen molar-refractivity contribution in [2.75, 3.05) is 6.61 Å². The number of rotatable bonds is 10. The van der Waals surface area contributed by atoms with Crippen molar-refractivity contribution in [2.45, 2.75) is 58.5 Å². The zero-order valence-electron chi connectivity index (χ0n) is 15.0. The van der Waals surface area contributed by atoms with Crippen molar-refractivity contribution in [3.63, 3.8) is 0 Å². The maximum atomic E-state index is 9.57. The highest BCUT2D eigenvalue weighted by Gasteiger charge is 2.02. The molecule has 2 aromatic rings. The fourth-order valence-corrected chi connectivity index (χ4v) is 2.77. The van der Waals surface area contributed by atoms with Crippen molar-refractivity contribution < 1.29 is 9.84 Å². The van der Waals surface area contributed by atoms with E-state index in [9.17, 15) is 5.11 Å². The van der Waals surface area contributed by atoms with E-state index in [0.29, 0.717) is 0 Å². The molecule has 2 aromatic carbocycles. The summed E-state index contributed by atoms with van der Waals surface area (Å²) in [5.74, 6) is 0.938. The molecule has 130 valence electrons. The van der Waals surface area contributed by atoms with Crippen LogP contribution in [0.4, 0.5) is 0 Å². The number of hydrogen-bond acceptors (Lipinski definition) is 2. The maximum absolute atomic E-state index is 9.57. The van der Waals surface area contributed by atoms with E-state index in [2.05, 4.69) is 19.1 Å². The van der Waals surface area contributed by atoms with Crippen LogP contribution >= 0.6 is 0 Å². The van der Waals surface area contributed by atoms with Crippen molar-refractivity contribution in [3.05, 3.63) is 54.1 Å². The minimum Gasteiger partial charge on any atom is -0.494 e. The lowest BCUT2D eigenvalue weighted by Crippen LogP contribution is -1.97. The van der Waals surface area contributed by atoms with Gasteiger partial charge in [-0.15, -0.1) is 0 Å². The second kappa shape index (κ2) is 10.1. The SMILES string of the molecule is CCCCCCCCOc1ccc(-c2ccc([C@@H](C)O)cc2)cc1. The van der Waals surface area contributed by atoms with Crippen molar-refractivity contribution in [1.29, 1.82) is 0 Å². The lowest BCUT2D eigenvalue weighted by molar-refractivity contribution is 0.199. The Balaban J connectivity index is 1.78. The average Bonchev–Trinajstić information content (AvgIpc) is 2.61. The molecule has 0 fully saturated rings. The monoisotopic (exact) mass is 326 g/mol. The van der Waals surface area contributed by atoms with Crippen LogP contribution in [0.25, 0.3) is 11.1 Å². The number of ether oxygens (including phenoxy) is 1. The fourth-order valence-electron chi connectivity index (χ4n) is 2.77. The van der Waals surface area contributed by atoms with E-state index in [1.165, 1.54) is 37.7 Å². The van der Waals surface area contributed by atoms with E-state index in [0.717, 1.165) is 29.9 Å². The summed E-state index contributed by atoms with van der Waals surface area (Å²) in [5.41, 5.74) is 3.26. The van der Waals surface area contributed by atoms with Gasteiger partial charge in [0.2, 0.25) is 0 Å². The van der Waals surface area contributed by atoms with Gasteiger partial charge in [0, 0.05) is 0 Å². The molecular weight excluding hydrogens is 296 g/mol. The molecule has 1 atom stereocenters. The van der Waals surface area contributed by atoms with E-state index in [1.54, 1.807) is 6.92 Å². The van der Waals surface area contributed by atoms with Gasteiger partial charge in [0.05, 0.1) is 12.7 Å². The Morgan fingerprint density at radius 3 is 1.92 bits per heavy atom. The van der Waals surface area contributed by atoms with Gasteiger partial charge in [0.1, 0.15) is 5.75 Å². The lowest BCUT2D eigenvalue weighted by Gasteiger charge is -2.09.